The molecule has 0 atom stereocenters. The molecule has 4 aromatic rings. The molecule has 4 rings (SSSR count). The van der Waals surface area contributed by atoms with E-state index in [-0.39, 0.29) is 17.7 Å². The monoisotopic (exact) mass is 456 g/mol. The van der Waals surface area contributed by atoms with Crippen molar-refractivity contribution in [3.8, 4) is 16.9 Å². The molecular formula is C28H25FN2O3. The number of halogens is 1. The molecular weight excluding hydrogens is 431 g/mol. The topological polar surface area (TPSA) is 60.3 Å². The second kappa shape index (κ2) is 10.2. The lowest BCUT2D eigenvalue weighted by Crippen LogP contribution is -2.22. The van der Waals surface area contributed by atoms with E-state index in [0.717, 1.165) is 28.2 Å². The predicted octanol–water partition coefficient (Wildman–Crippen LogP) is 5.70. The van der Waals surface area contributed by atoms with Crippen LogP contribution in [0.4, 0.5) is 4.39 Å². The van der Waals surface area contributed by atoms with Gasteiger partial charge < -0.3 is 14.6 Å². The second-order valence-corrected chi connectivity index (χ2v) is 7.81. The van der Waals surface area contributed by atoms with Gasteiger partial charge in [-0.05, 0) is 67.4 Å². The highest BCUT2D eigenvalue weighted by Gasteiger charge is 2.20. The summed E-state index contributed by atoms with van der Waals surface area (Å²) in [5.74, 6) is -0.907. The maximum Gasteiger partial charge on any atom is 0.339 e. The minimum Gasteiger partial charge on any atom is -0.462 e. The Morgan fingerprint density at radius 1 is 0.941 bits per heavy atom. The molecule has 0 aliphatic carbocycles. The summed E-state index contributed by atoms with van der Waals surface area (Å²) in [4.78, 5) is 25.1. The van der Waals surface area contributed by atoms with Crippen molar-refractivity contribution in [2.45, 2.75) is 20.4 Å². The van der Waals surface area contributed by atoms with Crippen LogP contribution >= 0.6 is 0 Å². The van der Waals surface area contributed by atoms with Crippen molar-refractivity contribution < 1.29 is 18.7 Å². The van der Waals surface area contributed by atoms with Crippen molar-refractivity contribution in [3.05, 3.63) is 113 Å². The number of carbonyl (C=O) groups is 2. The SMILES string of the molecule is CCOC(=O)c1cc(-c2ccccc2)n(-c2ccc(C(=O)NCc3ccc(F)cc3)cc2)c1C. The average molecular weight is 457 g/mol. The Hall–Kier alpha value is -4.19. The highest BCUT2D eigenvalue weighted by molar-refractivity contribution is 5.95. The maximum absolute atomic E-state index is 13.1. The lowest BCUT2D eigenvalue weighted by Gasteiger charge is -2.13. The van der Waals surface area contributed by atoms with Crippen LogP contribution in [0.2, 0.25) is 0 Å². The summed E-state index contributed by atoms with van der Waals surface area (Å²) in [7, 11) is 0. The van der Waals surface area contributed by atoms with Gasteiger partial charge >= 0.3 is 5.97 Å². The molecule has 3 aromatic carbocycles. The standard InChI is InChI=1S/C28H25FN2O3/c1-3-34-28(33)25-17-26(21-7-5-4-6-8-21)31(19(25)2)24-15-11-22(12-16-24)27(32)30-18-20-9-13-23(29)14-10-20/h4-17H,3,18H2,1-2H3,(H,30,32). The zero-order valence-corrected chi connectivity index (χ0v) is 19.0. The molecule has 172 valence electrons. The molecule has 0 aliphatic rings. The van der Waals surface area contributed by atoms with Gasteiger partial charge in [-0.15, -0.1) is 0 Å². The summed E-state index contributed by atoms with van der Waals surface area (Å²) < 4.78 is 20.3. The normalized spacial score (nSPS) is 10.7. The molecule has 0 saturated heterocycles. The number of hydrogen-bond donors (Lipinski definition) is 1. The molecule has 1 amide bonds. The van der Waals surface area contributed by atoms with Crippen LogP contribution in [0.1, 0.15) is 38.9 Å². The van der Waals surface area contributed by atoms with Crippen LogP contribution in [-0.2, 0) is 11.3 Å². The zero-order valence-electron chi connectivity index (χ0n) is 19.0. The number of ether oxygens (including phenoxy) is 1. The first-order chi connectivity index (χ1) is 16.5. The Morgan fingerprint density at radius 3 is 2.26 bits per heavy atom. The number of hydrogen-bond acceptors (Lipinski definition) is 3. The molecule has 1 N–H and O–H groups in total. The highest BCUT2D eigenvalue weighted by Crippen LogP contribution is 2.30. The zero-order chi connectivity index (χ0) is 24.1. The molecule has 0 bridgehead atoms. The molecule has 0 fully saturated rings. The first-order valence-electron chi connectivity index (χ1n) is 11.1. The molecule has 0 spiro atoms. The number of nitrogens with zero attached hydrogens (tertiary/aromatic N) is 1. The van der Waals surface area contributed by atoms with E-state index in [0.29, 0.717) is 24.3 Å². The van der Waals surface area contributed by atoms with Gasteiger partial charge in [0, 0.05) is 23.5 Å². The fourth-order valence-corrected chi connectivity index (χ4v) is 3.82. The lowest BCUT2D eigenvalue weighted by molar-refractivity contribution is 0.0525. The number of benzene rings is 3. The van der Waals surface area contributed by atoms with E-state index in [1.165, 1.54) is 12.1 Å². The van der Waals surface area contributed by atoms with Gasteiger partial charge in [-0.3, -0.25) is 4.79 Å². The summed E-state index contributed by atoms with van der Waals surface area (Å²) in [5, 5.41) is 2.85. The van der Waals surface area contributed by atoms with Gasteiger partial charge in [0.15, 0.2) is 0 Å². The Balaban J connectivity index is 1.61. The second-order valence-electron chi connectivity index (χ2n) is 7.81. The first-order valence-corrected chi connectivity index (χ1v) is 11.1. The molecule has 1 aromatic heterocycles. The Kier molecular flexibility index (Phi) is 6.87. The minimum atomic E-state index is -0.368. The van der Waals surface area contributed by atoms with E-state index in [9.17, 15) is 14.0 Å². The van der Waals surface area contributed by atoms with Crippen LogP contribution in [0.25, 0.3) is 16.9 Å². The number of amides is 1. The smallest absolute Gasteiger partial charge is 0.339 e. The third kappa shape index (κ3) is 4.91. The summed E-state index contributed by atoms with van der Waals surface area (Å²) >= 11 is 0. The van der Waals surface area contributed by atoms with Crippen molar-refractivity contribution in [2.24, 2.45) is 0 Å². The van der Waals surface area contributed by atoms with Crippen molar-refractivity contribution in [3.63, 3.8) is 0 Å². The molecule has 6 heteroatoms. The van der Waals surface area contributed by atoms with E-state index < -0.39 is 0 Å². The van der Waals surface area contributed by atoms with Gasteiger partial charge in [0.2, 0.25) is 0 Å². The largest absolute Gasteiger partial charge is 0.462 e. The Labute approximate surface area is 197 Å². The minimum absolute atomic E-state index is 0.226. The number of esters is 1. The molecule has 0 radical (unpaired) electrons. The summed E-state index contributed by atoms with van der Waals surface area (Å²) in [6.45, 7) is 4.26. The molecule has 0 saturated carbocycles. The first kappa shape index (κ1) is 23.0. The molecule has 0 aliphatic heterocycles. The lowest BCUT2D eigenvalue weighted by atomic mass is 10.1. The summed E-state index contributed by atoms with van der Waals surface area (Å²) in [6.07, 6.45) is 0. The Morgan fingerprint density at radius 2 is 1.62 bits per heavy atom. The van der Waals surface area contributed by atoms with Crippen LogP contribution in [0.3, 0.4) is 0 Å². The fraction of sp³-hybridized carbons (Fsp3) is 0.143. The van der Waals surface area contributed by atoms with E-state index in [1.54, 1.807) is 31.2 Å². The molecule has 5 nitrogen and oxygen atoms in total. The quantitative estimate of drug-likeness (QED) is 0.363. The number of nitrogens with one attached hydrogen (secondary N) is 1. The van der Waals surface area contributed by atoms with Crippen molar-refractivity contribution >= 4 is 11.9 Å². The van der Waals surface area contributed by atoms with Crippen LogP contribution in [0.5, 0.6) is 0 Å². The predicted molar refractivity (Wildman–Crippen MR) is 129 cm³/mol. The van der Waals surface area contributed by atoms with Crippen LogP contribution in [0.15, 0.2) is 84.9 Å². The van der Waals surface area contributed by atoms with Gasteiger partial charge in [-0.25, -0.2) is 9.18 Å². The molecule has 0 unspecified atom stereocenters. The van der Waals surface area contributed by atoms with Gasteiger partial charge in [0.1, 0.15) is 5.82 Å². The molecule has 34 heavy (non-hydrogen) atoms. The van der Waals surface area contributed by atoms with Gasteiger partial charge in [-0.2, -0.15) is 0 Å². The summed E-state index contributed by atoms with van der Waals surface area (Å²) in [6, 6.07) is 24.8. The van der Waals surface area contributed by atoms with Crippen molar-refractivity contribution in [1.82, 2.24) is 9.88 Å². The van der Waals surface area contributed by atoms with E-state index in [1.807, 2.05) is 60.0 Å². The highest BCUT2D eigenvalue weighted by atomic mass is 19.1. The van der Waals surface area contributed by atoms with E-state index >= 15 is 0 Å². The number of rotatable bonds is 7. The third-order valence-electron chi connectivity index (χ3n) is 5.57. The molecule has 1 heterocycles. The number of carbonyl (C=O) groups excluding carboxylic acids is 2. The van der Waals surface area contributed by atoms with Crippen molar-refractivity contribution in [2.75, 3.05) is 6.61 Å². The third-order valence-corrected chi connectivity index (χ3v) is 5.57. The van der Waals surface area contributed by atoms with Crippen LogP contribution in [-0.4, -0.2) is 23.1 Å². The van der Waals surface area contributed by atoms with Gasteiger partial charge in [0.25, 0.3) is 5.91 Å². The van der Waals surface area contributed by atoms with Crippen LogP contribution in [0, 0.1) is 12.7 Å². The Bertz CT molecular complexity index is 1290. The van der Waals surface area contributed by atoms with E-state index in [4.69, 9.17) is 4.74 Å². The van der Waals surface area contributed by atoms with Crippen molar-refractivity contribution in [1.29, 1.82) is 0 Å². The van der Waals surface area contributed by atoms with E-state index in [2.05, 4.69) is 5.32 Å². The van der Waals surface area contributed by atoms with Crippen LogP contribution < -0.4 is 5.32 Å². The number of aromatic nitrogens is 1. The van der Waals surface area contributed by atoms with Gasteiger partial charge in [-0.1, -0.05) is 42.5 Å². The average Bonchev–Trinajstić information content (AvgIpc) is 3.21. The summed E-state index contributed by atoms with van der Waals surface area (Å²) in [5.41, 5.74) is 5.21. The fourth-order valence-electron chi connectivity index (χ4n) is 3.82. The maximum atomic E-state index is 13.1. The van der Waals surface area contributed by atoms with Gasteiger partial charge in [0.05, 0.1) is 17.9 Å².